The maximum absolute atomic E-state index is 12.6. The van der Waals surface area contributed by atoms with Gasteiger partial charge < -0.3 is 14.1 Å². The van der Waals surface area contributed by atoms with Crippen LogP contribution in [-0.2, 0) is 20.9 Å². The fourth-order valence-corrected chi connectivity index (χ4v) is 3.43. The highest BCUT2D eigenvalue weighted by Gasteiger charge is 2.54. The largest absolute Gasteiger partial charge is 0.472 e. The van der Waals surface area contributed by atoms with Gasteiger partial charge in [0.1, 0.15) is 5.60 Å². The third-order valence-electron chi connectivity index (χ3n) is 4.45. The molecule has 108 valence electrons. The van der Waals surface area contributed by atoms with E-state index in [0.29, 0.717) is 6.54 Å². The average Bonchev–Trinajstić information content (AvgIpc) is 3.12. The molecule has 1 atom stereocenters. The summed E-state index contributed by atoms with van der Waals surface area (Å²) in [5.74, 6) is -0.560. The Hall–Kier alpha value is -1.78. The Morgan fingerprint density at radius 3 is 2.85 bits per heavy atom. The van der Waals surface area contributed by atoms with Crippen molar-refractivity contribution in [2.75, 3.05) is 7.05 Å². The number of carbonyl (C=O) groups excluding carboxylic acids is 2. The highest BCUT2D eigenvalue weighted by Crippen LogP contribution is 2.46. The highest BCUT2D eigenvalue weighted by molar-refractivity contribution is 5.87. The Kier molecular flexibility index (Phi) is 3.28. The smallest absolute Gasteiger partial charge is 0.307 e. The molecule has 2 aliphatic rings. The van der Waals surface area contributed by atoms with E-state index in [4.69, 9.17) is 9.15 Å². The molecule has 1 unspecified atom stereocenters. The quantitative estimate of drug-likeness (QED) is 0.794. The standard InChI is InChI=1S/C15H19NO4/c1-16(9-11-4-7-19-10-11)14(18)12-8-13(17)20-15(12)5-2-3-6-15/h4,7,10,12H,2-3,5-6,8-9H2,1H3. The number of hydrogen-bond acceptors (Lipinski definition) is 4. The number of rotatable bonds is 3. The van der Waals surface area contributed by atoms with Gasteiger partial charge in [-0.2, -0.15) is 0 Å². The van der Waals surface area contributed by atoms with Gasteiger partial charge in [0.15, 0.2) is 0 Å². The summed E-state index contributed by atoms with van der Waals surface area (Å²) in [4.78, 5) is 26.0. The van der Waals surface area contributed by atoms with Crippen LogP contribution in [0.1, 0.15) is 37.7 Å². The van der Waals surface area contributed by atoms with Crippen molar-refractivity contribution in [3.8, 4) is 0 Å². The molecule has 1 spiro atoms. The lowest BCUT2D eigenvalue weighted by atomic mass is 9.84. The molecule has 2 heterocycles. The Morgan fingerprint density at radius 2 is 2.20 bits per heavy atom. The van der Waals surface area contributed by atoms with Crippen molar-refractivity contribution in [1.29, 1.82) is 0 Å². The van der Waals surface area contributed by atoms with Gasteiger partial charge in [0, 0.05) is 19.2 Å². The molecule has 1 aliphatic carbocycles. The Morgan fingerprint density at radius 1 is 1.45 bits per heavy atom. The van der Waals surface area contributed by atoms with Gasteiger partial charge in [-0.25, -0.2) is 0 Å². The first-order valence-corrected chi connectivity index (χ1v) is 7.09. The van der Waals surface area contributed by atoms with Crippen molar-refractivity contribution < 1.29 is 18.7 Å². The van der Waals surface area contributed by atoms with Crippen LogP contribution < -0.4 is 0 Å². The molecule has 1 aromatic heterocycles. The summed E-state index contributed by atoms with van der Waals surface area (Å²) in [5, 5.41) is 0. The van der Waals surface area contributed by atoms with Crippen molar-refractivity contribution in [3.63, 3.8) is 0 Å². The van der Waals surface area contributed by atoms with Gasteiger partial charge in [-0.1, -0.05) is 0 Å². The summed E-state index contributed by atoms with van der Waals surface area (Å²) in [5.41, 5.74) is 0.422. The van der Waals surface area contributed by atoms with Crippen LogP contribution in [0.2, 0.25) is 0 Å². The normalized spacial score (nSPS) is 24.1. The van der Waals surface area contributed by atoms with Gasteiger partial charge in [0.05, 0.1) is 24.9 Å². The summed E-state index contributed by atoms with van der Waals surface area (Å²) < 4.78 is 10.5. The summed E-state index contributed by atoms with van der Waals surface area (Å²) in [7, 11) is 1.76. The summed E-state index contributed by atoms with van der Waals surface area (Å²) in [6, 6.07) is 1.84. The molecule has 0 bridgehead atoms. The number of carbonyl (C=O) groups is 2. The third-order valence-corrected chi connectivity index (χ3v) is 4.45. The second kappa shape index (κ2) is 4.96. The minimum Gasteiger partial charge on any atom is -0.472 e. The second-order valence-electron chi connectivity index (χ2n) is 5.83. The first-order valence-electron chi connectivity index (χ1n) is 7.09. The number of amides is 1. The van der Waals surface area contributed by atoms with Crippen LogP contribution in [0.25, 0.3) is 0 Å². The van der Waals surface area contributed by atoms with E-state index >= 15 is 0 Å². The van der Waals surface area contributed by atoms with Crippen LogP contribution in [0, 0.1) is 5.92 Å². The van der Waals surface area contributed by atoms with Gasteiger partial charge in [0.2, 0.25) is 5.91 Å². The minimum atomic E-state index is -0.529. The van der Waals surface area contributed by atoms with Crippen LogP contribution in [0.4, 0.5) is 0 Å². The SMILES string of the molecule is CN(Cc1ccoc1)C(=O)C1CC(=O)OC12CCCC2. The molecule has 1 aromatic rings. The topological polar surface area (TPSA) is 59.8 Å². The van der Waals surface area contributed by atoms with Crippen molar-refractivity contribution >= 4 is 11.9 Å². The summed E-state index contributed by atoms with van der Waals surface area (Å²) in [6.45, 7) is 0.496. The lowest BCUT2D eigenvalue weighted by Gasteiger charge is -2.30. The van der Waals surface area contributed by atoms with E-state index in [2.05, 4.69) is 0 Å². The predicted molar refractivity (Wildman–Crippen MR) is 70.6 cm³/mol. The number of ether oxygens (including phenoxy) is 1. The maximum atomic E-state index is 12.6. The minimum absolute atomic E-state index is 0.000972. The number of esters is 1. The van der Waals surface area contributed by atoms with Gasteiger partial charge >= 0.3 is 5.97 Å². The van der Waals surface area contributed by atoms with Crippen LogP contribution in [0.15, 0.2) is 23.0 Å². The molecule has 1 amide bonds. The first kappa shape index (κ1) is 13.2. The fourth-order valence-electron chi connectivity index (χ4n) is 3.43. The van der Waals surface area contributed by atoms with Gasteiger partial charge in [-0.05, 0) is 31.7 Å². The van der Waals surface area contributed by atoms with Crippen molar-refractivity contribution in [2.45, 2.75) is 44.2 Å². The molecular weight excluding hydrogens is 258 g/mol. The fraction of sp³-hybridized carbons (Fsp3) is 0.600. The van der Waals surface area contributed by atoms with E-state index in [0.717, 1.165) is 31.2 Å². The van der Waals surface area contributed by atoms with Gasteiger partial charge in [-0.15, -0.1) is 0 Å². The molecule has 0 aromatic carbocycles. The average molecular weight is 277 g/mol. The predicted octanol–water partition coefficient (Wildman–Crippen LogP) is 2.11. The zero-order valence-electron chi connectivity index (χ0n) is 11.6. The molecular formula is C15H19NO4. The number of hydrogen-bond donors (Lipinski definition) is 0. The van der Waals surface area contributed by atoms with Gasteiger partial charge in [-0.3, -0.25) is 9.59 Å². The molecule has 20 heavy (non-hydrogen) atoms. The Balaban J connectivity index is 1.73. The second-order valence-corrected chi connectivity index (χ2v) is 5.83. The van der Waals surface area contributed by atoms with E-state index in [1.807, 2.05) is 6.07 Å². The third kappa shape index (κ3) is 2.21. The lowest BCUT2D eigenvalue weighted by Crippen LogP contribution is -2.43. The van der Waals surface area contributed by atoms with Crippen LogP contribution >= 0.6 is 0 Å². The molecule has 5 heteroatoms. The van der Waals surface area contributed by atoms with E-state index in [1.165, 1.54) is 0 Å². The molecule has 5 nitrogen and oxygen atoms in total. The molecule has 0 radical (unpaired) electrons. The van der Waals surface area contributed by atoms with Crippen molar-refractivity contribution in [1.82, 2.24) is 4.90 Å². The van der Waals surface area contributed by atoms with Crippen LogP contribution in [-0.4, -0.2) is 29.4 Å². The maximum Gasteiger partial charge on any atom is 0.307 e. The summed E-state index contributed by atoms with van der Waals surface area (Å²) >= 11 is 0. The lowest BCUT2D eigenvalue weighted by molar-refractivity contribution is -0.151. The zero-order chi connectivity index (χ0) is 14.2. The van der Waals surface area contributed by atoms with E-state index in [1.54, 1.807) is 24.5 Å². The van der Waals surface area contributed by atoms with Crippen molar-refractivity contribution in [3.05, 3.63) is 24.2 Å². The number of furan rings is 1. The molecule has 2 fully saturated rings. The van der Waals surface area contributed by atoms with Gasteiger partial charge in [0.25, 0.3) is 0 Å². The molecule has 1 saturated carbocycles. The highest BCUT2D eigenvalue weighted by atomic mass is 16.6. The van der Waals surface area contributed by atoms with E-state index in [-0.39, 0.29) is 24.2 Å². The van der Waals surface area contributed by atoms with Crippen LogP contribution in [0.3, 0.4) is 0 Å². The van der Waals surface area contributed by atoms with Crippen LogP contribution in [0.5, 0.6) is 0 Å². The molecule has 1 aliphatic heterocycles. The zero-order valence-corrected chi connectivity index (χ0v) is 11.6. The monoisotopic (exact) mass is 277 g/mol. The van der Waals surface area contributed by atoms with E-state index in [9.17, 15) is 9.59 Å². The number of nitrogens with zero attached hydrogens (tertiary/aromatic N) is 1. The van der Waals surface area contributed by atoms with E-state index < -0.39 is 5.60 Å². The molecule has 0 N–H and O–H groups in total. The molecule has 1 saturated heterocycles. The summed E-state index contributed by atoms with van der Waals surface area (Å²) in [6.07, 6.45) is 7.13. The Bertz CT molecular complexity index is 502. The Labute approximate surface area is 117 Å². The van der Waals surface area contributed by atoms with Crippen molar-refractivity contribution in [2.24, 2.45) is 5.92 Å². The molecule has 3 rings (SSSR count). The first-order chi connectivity index (χ1) is 9.61.